The molecule has 62 valence electrons. The van der Waals surface area contributed by atoms with Gasteiger partial charge in [0, 0.05) is 0 Å². The molecule has 0 unspecified atom stereocenters. The molecule has 2 heteroatoms. The van der Waals surface area contributed by atoms with Crippen LogP contribution in [0.2, 0.25) is 0 Å². The van der Waals surface area contributed by atoms with E-state index in [0.29, 0.717) is 0 Å². The third-order valence-corrected chi connectivity index (χ3v) is 1.97. The summed E-state index contributed by atoms with van der Waals surface area (Å²) in [5.41, 5.74) is 5.25. The van der Waals surface area contributed by atoms with Crippen molar-refractivity contribution < 1.29 is 12.4 Å². The van der Waals surface area contributed by atoms with Gasteiger partial charge >= 0.3 is 23.1 Å². The molecule has 0 aliphatic heterocycles. The van der Waals surface area contributed by atoms with Crippen LogP contribution in [0.1, 0.15) is 22.3 Å². The molecule has 0 aliphatic carbocycles. The third-order valence-electron chi connectivity index (χ3n) is 1.97. The molecule has 0 saturated heterocycles. The minimum Gasteiger partial charge on any atom is -1.00 e. The maximum absolute atomic E-state index is 3.28. The van der Waals surface area contributed by atoms with Crippen LogP contribution in [0.25, 0.3) is 0 Å². The standard InChI is InChI=1S/C10H13.ClH.Mg/c1-7-5-8(2)10(4)9(3)6-7;;/h5H,1-4H3;1H;/q-1;;+2/p-1. The largest absolute Gasteiger partial charge is 2.00 e. The summed E-state index contributed by atoms with van der Waals surface area (Å²) in [5, 5.41) is 0. The van der Waals surface area contributed by atoms with Crippen LogP contribution in [0.5, 0.6) is 0 Å². The van der Waals surface area contributed by atoms with Gasteiger partial charge in [-0.2, -0.15) is 34.4 Å². The van der Waals surface area contributed by atoms with Gasteiger partial charge in [0.15, 0.2) is 0 Å². The summed E-state index contributed by atoms with van der Waals surface area (Å²) in [6.45, 7) is 8.47. The van der Waals surface area contributed by atoms with Crippen molar-refractivity contribution in [1.82, 2.24) is 0 Å². The predicted octanol–water partition coefficient (Wildman–Crippen LogP) is -0.656. The Kier molecular flexibility index (Phi) is 7.20. The quantitative estimate of drug-likeness (QED) is 0.379. The van der Waals surface area contributed by atoms with Crippen LogP contribution in [0.3, 0.4) is 0 Å². The van der Waals surface area contributed by atoms with Crippen LogP contribution in [0.15, 0.2) is 6.07 Å². The Morgan fingerprint density at radius 1 is 1.08 bits per heavy atom. The average Bonchev–Trinajstić information content (AvgIpc) is 1.82. The first kappa shape index (κ1) is 14.8. The number of hydrogen-bond donors (Lipinski definition) is 0. The summed E-state index contributed by atoms with van der Waals surface area (Å²) in [7, 11) is 0. The van der Waals surface area contributed by atoms with E-state index in [9.17, 15) is 0 Å². The van der Waals surface area contributed by atoms with Crippen molar-refractivity contribution in [3.8, 4) is 0 Å². The van der Waals surface area contributed by atoms with Crippen molar-refractivity contribution in [2.45, 2.75) is 27.7 Å². The van der Waals surface area contributed by atoms with Crippen LogP contribution in [-0.4, -0.2) is 23.1 Å². The summed E-state index contributed by atoms with van der Waals surface area (Å²) in [6.07, 6.45) is 0. The normalized spacial score (nSPS) is 8.33. The Balaban J connectivity index is 0. The van der Waals surface area contributed by atoms with Crippen molar-refractivity contribution in [3.63, 3.8) is 0 Å². The van der Waals surface area contributed by atoms with E-state index < -0.39 is 0 Å². The van der Waals surface area contributed by atoms with Gasteiger partial charge in [0.05, 0.1) is 0 Å². The van der Waals surface area contributed by atoms with E-state index in [1.54, 1.807) is 0 Å². The molecule has 0 nitrogen and oxygen atoms in total. The van der Waals surface area contributed by atoms with E-state index in [1.165, 1.54) is 22.3 Å². The smallest absolute Gasteiger partial charge is 1.00 e. The van der Waals surface area contributed by atoms with Gasteiger partial charge < -0.3 is 12.4 Å². The first-order valence-corrected chi connectivity index (χ1v) is 3.58. The molecular formula is C10H13ClMg. The first-order chi connectivity index (χ1) is 4.61. The number of halogens is 1. The summed E-state index contributed by atoms with van der Waals surface area (Å²) in [5.74, 6) is 0. The van der Waals surface area contributed by atoms with E-state index in [2.05, 4.69) is 39.8 Å². The van der Waals surface area contributed by atoms with Gasteiger partial charge in [-0.3, -0.25) is 0 Å². The molecule has 0 fully saturated rings. The van der Waals surface area contributed by atoms with Gasteiger partial charge in [-0.15, -0.1) is 0 Å². The molecule has 0 heterocycles. The zero-order chi connectivity index (χ0) is 7.72. The van der Waals surface area contributed by atoms with Crippen LogP contribution in [0.4, 0.5) is 0 Å². The van der Waals surface area contributed by atoms with E-state index >= 15 is 0 Å². The van der Waals surface area contributed by atoms with Crippen molar-refractivity contribution >= 4 is 23.1 Å². The van der Waals surface area contributed by atoms with Crippen LogP contribution in [0, 0.1) is 33.8 Å². The van der Waals surface area contributed by atoms with Gasteiger partial charge in [-0.1, -0.05) is 27.7 Å². The molecule has 0 amide bonds. The van der Waals surface area contributed by atoms with Crippen molar-refractivity contribution in [2.75, 3.05) is 0 Å². The topological polar surface area (TPSA) is 0 Å². The van der Waals surface area contributed by atoms with E-state index in [1.807, 2.05) is 0 Å². The monoisotopic (exact) mass is 192 g/mol. The fraction of sp³-hybridized carbons (Fsp3) is 0.400. The van der Waals surface area contributed by atoms with Gasteiger partial charge in [0.2, 0.25) is 0 Å². The number of hydrogen-bond acceptors (Lipinski definition) is 0. The molecule has 0 aromatic heterocycles. The molecule has 12 heavy (non-hydrogen) atoms. The van der Waals surface area contributed by atoms with Crippen LogP contribution < -0.4 is 12.4 Å². The maximum atomic E-state index is 3.28. The van der Waals surface area contributed by atoms with Gasteiger partial charge in [0.25, 0.3) is 0 Å². The molecule has 0 spiro atoms. The minimum absolute atomic E-state index is 0. The van der Waals surface area contributed by atoms with Crippen molar-refractivity contribution in [2.24, 2.45) is 0 Å². The van der Waals surface area contributed by atoms with E-state index in [0.717, 1.165) is 0 Å². The Bertz CT molecular complexity index is 233. The van der Waals surface area contributed by atoms with Crippen LogP contribution >= 0.6 is 0 Å². The second-order valence-corrected chi connectivity index (χ2v) is 2.89. The van der Waals surface area contributed by atoms with E-state index in [4.69, 9.17) is 0 Å². The number of benzene rings is 1. The fourth-order valence-corrected chi connectivity index (χ4v) is 1.15. The van der Waals surface area contributed by atoms with Crippen molar-refractivity contribution in [1.29, 1.82) is 0 Å². The third kappa shape index (κ3) is 3.34. The summed E-state index contributed by atoms with van der Waals surface area (Å²) in [4.78, 5) is 0. The molecule has 0 N–H and O–H groups in total. The molecular weight excluding hydrogens is 180 g/mol. The zero-order valence-corrected chi connectivity index (χ0v) is 10.3. The molecule has 0 radical (unpaired) electrons. The second-order valence-electron chi connectivity index (χ2n) is 2.89. The molecule has 0 aliphatic rings. The number of rotatable bonds is 0. The second kappa shape index (κ2) is 5.84. The Morgan fingerprint density at radius 2 is 1.58 bits per heavy atom. The van der Waals surface area contributed by atoms with Crippen molar-refractivity contribution in [3.05, 3.63) is 34.4 Å². The SMILES string of the molecule is Cc1[c-]c(C)c(C)c(C)c1.[Cl-].[Mg+2]. The first-order valence-electron chi connectivity index (χ1n) is 3.58. The fourth-order valence-electron chi connectivity index (χ4n) is 1.15. The van der Waals surface area contributed by atoms with Gasteiger partial charge in [-0.25, -0.2) is 0 Å². The van der Waals surface area contributed by atoms with Crippen LogP contribution in [-0.2, 0) is 0 Å². The Hall–Kier alpha value is 0.276. The minimum atomic E-state index is 0. The number of aryl methyl sites for hydroxylation is 3. The molecule has 0 bridgehead atoms. The predicted molar refractivity (Wildman–Crippen MR) is 50.0 cm³/mol. The van der Waals surface area contributed by atoms with E-state index in [-0.39, 0.29) is 35.5 Å². The average molecular weight is 193 g/mol. The summed E-state index contributed by atoms with van der Waals surface area (Å²) < 4.78 is 0. The maximum Gasteiger partial charge on any atom is 2.00 e. The van der Waals surface area contributed by atoms with Gasteiger partial charge in [-0.05, 0) is 0 Å². The summed E-state index contributed by atoms with van der Waals surface area (Å²) >= 11 is 0. The Labute approximate surface area is 97.3 Å². The zero-order valence-electron chi connectivity index (χ0n) is 8.16. The Morgan fingerprint density at radius 3 is 2.00 bits per heavy atom. The molecule has 1 aromatic rings. The molecule has 0 atom stereocenters. The molecule has 0 saturated carbocycles. The molecule has 1 rings (SSSR count). The molecule has 1 aromatic carbocycles. The summed E-state index contributed by atoms with van der Waals surface area (Å²) in [6, 6.07) is 5.45. The van der Waals surface area contributed by atoms with Gasteiger partial charge in [0.1, 0.15) is 0 Å².